The predicted octanol–water partition coefficient (Wildman–Crippen LogP) is 4.60. The van der Waals surface area contributed by atoms with Crippen molar-refractivity contribution in [2.45, 2.75) is 38.8 Å². The molecule has 0 aliphatic carbocycles. The Labute approximate surface area is 221 Å². The first-order valence-electron chi connectivity index (χ1n) is 12.8. The summed E-state index contributed by atoms with van der Waals surface area (Å²) in [5, 5.41) is 5.57. The average Bonchev–Trinajstić information content (AvgIpc) is 3.64. The number of halogens is 1. The summed E-state index contributed by atoms with van der Waals surface area (Å²) in [7, 11) is 1.93. The molecule has 38 heavy (non-hydrogen) atoms. The van der Waals surface area contributed by atoms with Gasteiger partial charge in [0, 0.05) is 38.0 Å². The van der Waals surface area contributed by atoms with Gasteiger partial charge in [-0.3, -0.25) is 14.6 Å². The lowest BCUT2D eigenvalue weighted by atomic mass is 10.1. The first-order valence-corrected chi connectivity index (χ1v) is 12.8. The number of anilines is 4. The van der Waals surface area contributed by atoms with E-state index in [4.69, 9.17) is 4.74 Å². The number of hydrogen-bond donors (Lipinski definition) is 2. The van der Waals surface area contributed by atoms with Gasteiger partial charge < -0.3 is 25.2 Å². The molecule has 5 rings (SSSR count). The molecule has 3 aromatic rings. The van der Waals surface area contributed by atoms with Crippen LogP contribution < -0.4 is 20.4 Å². The highest BCUT2D eigenvalue weighted by atomic mass is 19.1. The molecule has 1 atom stereocenters. The highest BCUT2D eigenvalue weighted by Gasteiger charge is 2.22. The van der Waals surface area contributed by atoms with E-state index < -0.39 is 11.7 Å². The van der Waals surface area contributed by atoms with Crippen LogP contribution in [0.5, 0.6) is 0 Å². The van der Waals surface area contributed by atoms with Crippen molar-refractivity contribution in [1.29, 1.82) is 0 Å². The van der Waals surface area contributed by atoms with Gasteiger partial charge in [0.15, 0.2) is 0 Å². The van der Waals surface area contributed by atoms with Crippen LogP contribution in [0.4, 0.5) is 27.3 Å². The molecule has 2 aromatic heterocycles. The predicted molar refractivity (Wildman–Crippen MR) is 144 cm³/mol. The van der Waals surface area contributed by atoms with Gasteiger partial charge in [-0.25, -0.2) is 9.37 Å². The van der Waals surface area contributed by atoms with Gasteiger partial charge in [0.25, 0.3) is 11.8 Å². The van der Waals surface area contributed by atoms with E-state index in [1.54, 1.807) is 31.3 Å². The Morgan fingerprint density at radius 1 is 1.00 bits per heavy atom. The van der Waals surface area contributed by atoms with Gasteiger partial charge in [-0.05, 0) is 69.0 Å². The lowest BCUT2D eigenvalue weighted by Crippen LogP contribution is -2.31. The molecule has 4 heterocycles. The van der Waals surface area contributed by atoms with Crippen LogP contribution in [0.25, 0.3) is 0 Å². The van der Waals surface area contributed by atoms with Gasteiger partial charge in [0.2, 0.25) is 0 Å². The van der Waals surface area contributed by atoms with Crippen molar-refractivity contribution in [2.24, 2.45) is 0 Å². The minimum atomic E-state index is -0.475. The fourth-order valence-electron chi connectivity index (χ4n) is 4.78. The van der Waals surface area contributed by atoms with Crippen LogP contribution in [0.15, 0.2) is 48.8 Å². The summed E-state index contributed by atoms with van der Waals surface area (Å²) in [5.74, 6) is -0.571. The number of carbonyl (C=O) groups excluding carboxylic acids is 2. The Balaban J connectivity index is 1.26. The first-order chi connectivity index (χ1) is 18.4. The second kappa shape index (κ2) is 11.1. The zero-order chi connectivity index (χ0) is 26.6. The van der Waals surface area contributed by atoms with Crippen LogP contribution in [0.2, 0.25) is 0 Å². The lowest BCUT2D eigenvalue weighted by Gasteiger charge is -2.24. The maximum atomic E-state index is 14.3. The van der Waals surface area contributed by atoms with E-state index in [2.05, 4.69) is 25.5 Å². The van der Waals surface area contributed by atoms with Crippen LogP contribution in [-0.2, 0) is 4.74 Å². The van der Waals surface area contributed by atoms with Crippen LogP contribution in [0.1, 0.15) is 52.1 Å². The number of benzene rings is 1. The van der Waals surface area contributed by atoms with E-state index >= 15 is 0 Å². The Morgan fingerprint density at radius 2 is 1.76 bits per heavy atom. The number of ether oxygens (including phenoxy) is 1. The summed E-state index contributed by atoms with van der Waals surface area (Å²) >= 11 is 0. The Hall–Kier alpha value is -4.05. The Kier molecular flexibility index (Phi) is 7.50. The van der Waals surface area contributed by atoms with E-state index in [1.807, 2.05) is 18.0 Å². The van der Waals surface area contributed by atoms with Gasteiger partial charge in [-0.1, -0.05) is 0 Å². The van der Waals surface area contributed by atoms with E-state index in [0.717, 1.165) is 51.2 Å². The highest BCUT2D eigenvalue weighted by Crippen LogP contribution is 2.25. The quantitative estimate of drug-likeness (QED) is 0.472. The zero-order valence-electron chi connectivity index (χ0n) is 21.5. The molecular formula is C28H31FN6O3. The Morgan fingerprint density at radius 3 is 2.47 bits per heavy atom. The molecule has 2 saturated heterocycles. The minimum absolute atomic E-state index is 0.00815. The SMILES string of the molecule is Cc1ncc(NC(=O)c2cc(F)cc(N3CCCC3)c2)cc1C(=O)Nc1ccc(N(C)C2CCCO2)nc1. The topological polar surface area (TPSA) is 99.7 Å². The minimum Gasteiger partial charge on any atom is -0.371 e. The van der Waals surface area contributed by atoms with Gasteiger partial charge in [-0.2, -0.15) is 0 Å². The van der Waals surface area contributed by atoms with Crippen molar-refractivity contribution in [1.82, 2.24) is 9.97 Å². The second-order valence-corrected chi connectivity index (χ2v) is 9.64. The number of carbonyl (C=O) groups is 2. The van der Waals surface area contributed by atoms with E-state index in [0.29, 0.717) is 28.3 Å². The molecule has 0 radical (unpaired) electrons. The number of hydrogen-bond acceptors (Lipinski definition) is 7. The van der Waals surface area contributed by atoms with Crippen LogP contribution in [-0.4, -0.2) is 54.8 Å². The third-order valence-corrected chi connectivity index (χ3v) is 6.91. The van der Waals surface area contributed by atoms with Crippen molar-refractivity contribution in [3.05, 3.63) is 71.4 Å². The molecule has 2 fully saturated rings. The number of amides is 2. The molecule has 0 bridgehead atoms. The number of aromatic nitrogens is 2. The number of nitrogens with one attached hydrogen (secondary N) is 2. The maximum Gasteiger partial charge on any atom is 0.257 e. The molecule has 2 amide bonds. The van der Waals surface area contributed by atoms with Gasteiger partial charge in [-0.15, -0.1) is 0 Å². The standard InChI is InChI=1S/C28H31FN6O3/c1-18-24(28(37)32-21-7-8-25(31-16-21)34(2)26-6-5-11-38-26)15-22(17-30-18)33-27(36)19-12-20(29)14-23(13-19)35-9-3-4-10-35/h7-8,12-17,26H,3-6,9-11H2,1-2H3,(H,32,37)(H,33,36). The third kappa shape index (κ3) is 5.75. The number of rotatable bonds is 7. The van der Waals surface area contributed by atoms with Gasteiger partial charge in [0.1, 0.15) is 17.9 Å². The van der Waals surface area contributed by atoms with Crippen LogP contribution in [0.3, 0.4) is 0 Å². The molecule has 0 spiro atoms. The first kappa shape index (κ1) is 25.6. The zero-order valence-corrected chi connectivity index (χ0v) is 21.5. The van der Waals surface area contributed by atoms with E-state index in [-0.39, 0.29) is 17.7 Å². The largest absolute Gasteiger partial charge is 0.371 e. The van der Waals surface area contributed by atoms with Crippen LogP contribution >= 0.6 is 0 Å². The molecule has 1 unspecified atom stereocenters. The van der Waals surface area contributed by atoms with Crippen molar-refractivity contribution >= 4 is 34.7 Å². The summed E-state index contributed by atoms with van der Waals surface area (Å²) in [5.41, 5.74) is 2.58. The number of aryl methyl sites for hydroxylation is 1. The molecule has 10 heteroatoms. The smallest absolute Gasteiger partial charge is 0.257 e. The average molecular weight is 519 g/mol. The summed E-state index contributed by atoms with van der Waals surface area (Å²) < 4.78 is 20.0. The van der Waals surface area contributed by atoms with Crippen LogP contribution in [0, 0.1) is 12.7 Å². The summed E-state index contributed by atoms with van der Waals surface area (Å²) in [6.07, 6.45) is 7.15. The van der Waals surface area contributed by atoms with Gasteiger partial charge >= 0.3 is 0 Å². The number of nitrogens with zero attached hydrogens (tertiary/aromatic N) is 4. The monoisotopic (exact) mass is 518 g/mol. The molecule has 2 aliphatic rings. The molecule has 198 valence electrons. The Bertz CT molecular complexity index is 1320. The lowest BCUT2D eigenvalue weighted by molar-refractivity contribution is 0.101. The molecule has 2 aliphatic heterocycles. The fraction of sp³-hybridized carbons (Fsp3) is 0.357. The fourth-order valence-corrected chi connectivity index (χ4v) is 4.78. The molecule has 9 nitrogen and oxygen atoms in total. The third-order valence-electron chi connectivity index (χ3n) is 6.91. The van der Waals surface area contributed by atoms with E-state index in [9.17, 15) is 14.0 Å². The van der Waals surface area contributed by atoms with E-state index in [1.165, 1.54) is 18.3 Å². The second-order valence-electron chi connectivity index (χ2n) is 9.64. The molecule has 1 aromatic carbocycles. The number of pyridine rings is 2. The molecule has 2 N–H and O–H groups in total. The van der Waals surface area contributed by atoms with Crippen molar-refractivity contribution in [3.63, 3.8) is 0 Å². The molecular weight excluding hydrogens is 487 g/mol. The molecule has 0 saturated carbocycles. The summed E-state index contributed by atoms with van der Waals surface area (Å²) in [6.45, 7) is 4.15. The summed E-state index contributed by atoms with van der Waals surface area (Å²) in [6, 6.07) is 9.50. The van der Waals surface area contributed by atoms with Crippen molar-refractivity contribution in [2.75, 3.05) is 47.2 Å². The van der Waals surface area contributed by atoms with Gasteiger partial charge in [0.05, 0.1) is 35.0 Å². The van der Waals surface area contributed by atoms with Crippen molar-refractivity contribution < 1.29 is 18.7 Å². The summed E-state index contributed by atoms with van der Waals surface area (Å²) in [4.78, 5) is 38.7. The highest BCUT2D eigenvalue weighted by molar-refractivity contribution is 6.08. The normalized spacial score (nSPS) is 16.9. The van der Waals surface area contributed by atoms with Crippen molar-refractivity contribution in [3.8, 4) is 0 Å². The maximum absolute atomic E-state index is 14.3.